The van der Waals surface area contributed by atoms with Gasteiger partial charge >= 0.3 is 0 Å². The second kappa shape index (κ2) is 14.5. The molecule has 0 spiro atoms. The summed E-state index contributed by atoms with van der Waals surface area (Å²) in [6.45, 7) is 26.9. The van der Waals surface area contributed by atoms with Crippen LogP contribution in [0.25, 0.3) is 38.5 Å². The molecule has 0 atom stereocenters. The standard InChI is InChI=1S/C62H64BN3O/c1-37-15-27-50-46(31-37)47-32-38(2)16-28-51(47)65(50)45-35-53-56-54(36-45)66(44-25-19-40(20-26-44)60(6,7)8)57-48-33-41(61(9,10)11)22-30-55(48)67-58(57)63(56)49-34-42(62(12,13)14)21-29-52(49)64(53)43-23-17-39(18-24-43)59(3,4)5/h15-36H,1-14H3/i1D3. The second-order valence-corrected chi connectivity index (χ2v) is 23.5. The molecule has 0 saturated heterocycles. The molecule has 4 nitrogen and oxygen atoms in total. The lowest BCUT2D eigenvalue weighted by atomic mass is 9.35. The molecule has 0 aliphatic carbocycles. The van der Waals surface area contributed by atoms with Crippen molar-refractivity contribution in [1.82, 2.24) is 4.57 Å². The Kier molecular flexibility index (Phi) is 8.60. The van der Waals surface area contributed by atoms with Gasteiger partial charge in [0.25, 0.3) is 6.71 Å². The van der Waals surface area contributed by atoms with Gasteiger partial charge in [0.1, 0.15) is 5.58 Å². The molecule has 336 valence electrons. The summed E-state index contributed by atoms with van der Waals surface area (Å²) in [6, 6.07) is 49.1. The second-order valence-electron chi connectivity index (χ2n) is 23.5. The van der Waals surface area contributed by atoms with Crippen LogP contribution in [0, 0.1) is 13.8 Å². The van der Waals surface area contributed by atoms with E-state index in [0.29, 0.717) is 5.56 Å². The van der Waals surface area contributed by atoms with Crippen molar-refractivity contribution in [3.63, 3.8) is 0 Å². The zero-order valence-electron chi connectivity index (χ0n) is 44.5. The highest BCUT2D eigenvalue weighted by Crippen LogP contribution is 2.49. The number of anilines is 6. The molecule has 2 aliphatic heterocycles. The lowest BCUT2D eigenvalue weighted by molar-refractivity contribution is 0.590. The van der Waals surface area contributed by atoms with E-state index in [9.17, 15) is 0 Å². The molecule has 11 rings (SSSR count). The van der Waals surface area contributed by atoms with Gasteiger partial charge in [0, 0.05) is 48.7 Å². The molecule has 0 radical (unpaired) electrons. The van der Waals surface area contributed by atoms with Crippen molar-refractivity contribution in [3.8, 4) is 5.69 Å². The summed E-state index contributed by atoms with van der Waals surface area (Å²) in [7, 11) is 0. The highest BCUT2D eigenvalue weighted by molar-refractivity contribution is 7.00. The monoisotopic (exact) mass is 881 g/mol. The minimum absolute atomic E-state index is 0.0218. The number of hydrogen-bond acceptors (Lipinski definition) is 3. The van der Waals surface area contributed by atoms with Crippen LogP contribution in [0.2, 0.25) is 0 Å². The zero-order chi connectivity index (χ0) is 49.8. The van der Waals surface area contributed by atoms with Crippen LogP contribution >= 0.6 is 0 Å². The molecule has 4 heterocycles. The van der Waals surface area contributed by atoms with E-state index >= 15 is 0 Å². The van der Waals surface area contributed by atoms with Crippen LogP contribution in [0.4, 0.5) is 34.1 Å². The van der Waals surface area contributed by atoms with Gasteiger partial charge in [0.05, 0.1) is 28.1 Å². The van der Waals surface area contributed by atoms with Crippen LogP contribution in [0.5, 0.6) is 0 Å². The van der Waals surface area contributed by atoms with Crippen LogP contribution in [-0.2, 0) is 21.7 Å². The maximum atomic E-state index is 8.42. The average molecular weight is 881 g/mol. The molecule has 0 bridgehead atoms. The number of hydrogen-bond donors (Lipinski definition) is 0. The Bertz CT molecular complexity index is 3590. The molecule has 0 unspecified atom stereocenters. The maximum Gasteiger partial charge on any atom is 0.297 e. The van der Waals surface area contributed by atoms with Crippen molar-refractivity contribution in [3.05, 3.63) is 167 Å². The molecule has 0 fully saturated rings. The van der Waals surface area contributed by atoms with Crippen molar-refractivity contribution in [2.45, 2.75) is 119 Å². The van der Waals surface area contributed by atoms with E-state index in [4.69, 9.17) is 8.53 Å². The zero-order valence-corrected chi connectivity index (χ0v) is 41.5. The highest BCUT2D eigenvalue weighted by Gasteiger charge is 2.47. The topological polar surface area (TPSA) is 24.6 Å². The number of aryl methyl sites for hydroxylation is 2. The van der Waals surface area contributed by atoms with E-state index in [1.807, 2.05) is 12.1 Å². The van der Waals surface area contributed by atoms with Crippen LogP contribution in [0.1, 0.15) is 121 Å². The molecule has 9 aromatic rings. The fraction of sp³-hybridized carbons (Fsp3) is 0.290. The van der Waals surface area contributed by atoms with Gasteiger partial charge in [0.2, 0.25) is 0 Å². The van der Waals surface area contributed by atoms with Gasteiger partial charge in [0.15, 0.2) is 0 Å². The van der Waals surface area contributed by atoms with E-state index in [-0.39, 0.29) is 28.4 Å². The lowest BCUT2D eigenvalue weighted by Crippen LogP contribution is -2.61. The molecular formula is C62H64BN3O. The highest BCUT2D eigenvalue weighted by atomic mass is 16.3. The lowest BCUT2D eigenvalue weighted by Gasteiger charge is -2.43. The van der Waals surface area contributed by atoms with E-state index in [1.165, 1.54) is 33.2 Å². The number of aromatic nitrogens is 1. The summed E-state index contributed by atoms with van der Waals surface area (Å²) in [5.74, 6) is 0. The molecule has 5 heteroatoms. The number of fused-ring (bicyclic) bond motifs is 9. The van der Waals surface area contributed by atoms with Gasteiger partial charge < -0.3 is 18.8 Å². The van der Waals surface area contributed by atoms with E-state index in [2.05, 4.69) is 220 Å². The third kappa shape index (κ3) is 6.86. The molecule has 0 saturated carbocycles. The molecule has 2 aliphatic rings. The first-order valence-corrected chi connectivity index (χ1v) is 24.0. The molecular weight excluding hydrogens is 814 g/mol. The van der Waals surface area contributed by atoms with Gasteiger partial charge in [-0.25, -0.2) is 0 Å². The quantitative estimate of drug-likeness (QED) is 0.165. The van der Waals surface area contributed by atoms with Crippen molar-refractivity contribution in [2.75, 3.05) is 9.80 Å². The Morgan fingerprint density at radius 2 is 0.940 bits per heavy atom. The maximum absolute atomic E-state index is 8.42. The van der Waals surface area contributed by atoms with Crippen molar-refractivity contribution >= 4 is 90.2 Å². The van der Waals surface area contributed by atoms with Crippen molar-refractivity contribution in [2.24, 2.45) is 0 Å². The Hall–Kier alpha value is -6.46. The number of rotatable bonds is 3. The Labute approximate surface area is 402 Å². The first-order chi connectivity index (χ1) is 32.8. The minimum Gasteiger partial charge on any atom is -0.468 e. The average Bonchev–Trinajstić information content (AvgIpc) is 3.82. The van der Waals surface area contributed by atoms with Gasteiger partial charge in [-0.05, 0) is 147 Å². The van der Waals surface area contributed by atoms with Gasteiger partial charge in [-0.1, -0.05) is 149 Å². The van der Waals surface area contributed by atoms with Crippen LogP contribution < -0.4 is 26.4 Å². The molecule has 67 heavy (non-hydrogen) atoms. The number of benzene rings is 7. The predicted octanol–water partition coefficient (Wildman–Crippen LogP) is 15.4. The molecule has 2 aromatic heterocycles. The normalized spacial score (nSPS) is 14.9. The van der Waals surface area contributed by atoms with Crippen LogP contribution in [0.3, 0.4) is 0 Å². The van der Waals surface area contributed by atoms with Gasteiger partial charge in [-0.15, -0.1) is 0 Å². The van der Waals surface area contributed by atoms with Gasteiger partial charge in [-0.2, -0.15) is 0 Å². The van der Waals surface area contributed by atoms with E-state index in [1.54, 1.807) is 6.07 Å². The summed E-state index contributed by atoms with van der Waals surface area (Å²) < 4.78 is 35.0. The Balaban J connectivity index is 1.31. The van der Waals surface area contributed by atoms with E-state index in [0.717, 1.165) is 83.8 Å². The van der Waals surface area contributed by atoms with Crippen molar-refractivity contribution < 1.29 is 8.53 Å². The van der Waals surface area contributed by atoms with E-state index < -0.39 is 6.85 Å². The van der Waals surface area contributed by atoms with Gasteiger partial charge in [-0.3, -0.25) is 0 Å². The Morgan fingerprint density at radius 3 is 1.51 bits per heavy atom. The number of furan rings is 1. The Morgan fingerprint density at radius 1 is 0.448 bits per heavy atom. The summed E-state index contributed by atoms with van der Waals surface area (Å²) in [5.41, 5.74) is 19.8. The van der Waals surface area contributed by atoms with Crippen LogP contribution in [0.15, 0.2) is 138 Å². The van der Waals surface area contributed by atoms with Crippen LogP contribution in [-0.4, -0.2) is 11.3 Å². The summed E-state index contributed by atoms with van der Waals surface area (Å²) >= 11 is 0. The largest absolute Gasteiger partial charge is 0.468 e. The minimum atomic E-state index is -2.25. The molecule has 0 N–H and O–H groups in total. The van der Waals surface area contributed by atoms with Crippen molar-refractivity contribution in [1.29, 1.82) is 0 Å². The third-order valence-electron chi connectivity index (χ3n) is 14.5. The predicted molar refractivity (Wildman–Crippen MR) is 289 cm³/mol. The smallest absolute Gasteiger partial charge is 0.297 e. The first-order valence-electron chi connectivity index (χ1n) is 25.5. The summed E-state index contributed by atoms with van der Waals surface area (Å²) in [4.78, 5) is 4.95. The summed E-state index contributed by atoms with van der Waals surface area (Å²) in [6.07, 6.45) is 0. The number of nitrogens with zero attached hydrogens (tertiary/aromatic N) is 3. The SMILES string of the molecule is [2H]C([2H])([2H])c1ccc2c(c1)c1cc(C)ccc1n2-c1cc2c3c(c1)N(c1ccc(C(C)(C)C)cc1)c1c(oc4ccc(C(C)(C)C)cc14)B3c1cc(C(C)(C)C)ccc1N2c1ccc(C(C)(C)C)cc1. The molecule has 7 aromatic carbocycles. The molecule has 0 amide bonds. The summed E-state index contributed by atoms with van der Waals surface area (Å²) in [5, 5.41) is 3.02. The fourth-order valence-electron chi connectivity index (χ4n) is 10.7. The first kappa shape index (κ1) is 39.7. The fourth-order valence-corrected chi connectivity index (χ4v) is 10.7. The third-order valence-corrected chi connectivity index (χ3v) is 14.5.